The highest BCUT2D eigenvalue weighted by molar-refractivity contribution is 5.94. The number of hydrogen-bond donors (Lipinski definition) is 1. The minimum absolute atomic E-state index is 0. The normalized spacial score (nSPS) is 16.7. The summed E-state index contributed by atoms with van der Waals surface area (Å²) in [4.78, 5) is 31.2. The molecule has 6 rings (SSSR count). The molecule has 312 valence electrons. The first-order valence-corrected chi connectivity index (χ1v) is 20.4. The molecule has 1 saturated carbocycles. The monoisotopic (exact) mass is 793 g/mol. The number of aryl methyl sites for hydroxylation is 1. The number of anilines is 1. The Bertz CT molecular complexity index is 2040. The molecule has 0 spiro atoms. The summed E-state index contributed by atoms with van der Waals surface area (Å²) in [5.74, 6) is 8.91. The first kappa shape index (κ1) is 45.3. The first-order valence-electron chi connectivity index (χ1n) is 20.4. The molecule has 10 nitrogen and oxygen atoms in total. The summed E-state index contributed by atoms with van der Waals surface area (Å²) in [6, 6.07) is 22.6. The van der Waals surface area contributed by atoms with Crippen molar-refractivity contribution in [1.29, 1.82) is 0 Å². The van der Waals surface area contributed by atoms with Gasteiger partial charge in [-0.2, -0.15) is 0 Å². The van der Waals surface area contributed by atoms with Crippen molar-refractivity contribution in [3.8, 4) is 40.5 Å². The van der Waals surface area contributed by atoms with Crippen LogP contribution in [0.5, 0.6) is 17.4 Å². The number of benzene rings is 2. The molecule has 4 aromatic rings. The van der Waals surface area contributed by atoms with Crippen LogP contribution in [0.15, 0.2) is 90.7 Å². The molecule has 2 unspecified atom stereocenters. The van der Waals surface area contributed by atoms with Gasteiger partial charge in [0.25, 0.3) is 11.5 Å². The Morgan fingerprint density at radius 2 is 1.76 bits per heavy atom. The highest BCUT2D eigenvalue weighted by Crippen LogP contribution is 2.30. The molecular weight excluding hydrogens is 731 g/mol. The van der Waals surface area contributed by atoms with Gasteiger partial charge in [-0.3, -0.25) is 9.59 Å². The van der Waals surface area contributed by atoms with Crippen LogP contribution in [0.3, 0.4) is 0 Å². The molecule has 10 heteroatoms. The Morgan fingerprint density at radius 3 is 2.43 bits per heavy atom. The largest absolute Gasteiger partial charge is 0.497 e. The van der Waals surface area contributed by atoms with E-state index in [0.29, 0.717) is 54.5 Å². The van der Waals surface area contributed by atoms with Crippen molar-refractivity contribution >= 4 is 11.6 Å². The Hall–Kier alpha value is -5.37. The number of nitrogens with one attached hydrogen (secondary N) is 1. The summed E-state index contributed by atoms with van der Waals surface area (Å²) in [5, 5.41) is 3.01. The van der Waals surface area contributed by atoms with Crippen LogP contribution in [0.4, 0.5) is 5.69 Å². The number of amides is 1. The summed E-state index contributed by atoms with van der Waals surface area (Å²) < 4.78 is 30.4. The van der Waals surface area contributed by atoms with Crippen molar-refractivity contribution in [1.82, 2.24) is 9.55 Å². The highest BCUT2D eigenvalue weighted by atomic mass is 16.5. The number of ether oxygens (including phenoxy) is 5. The Kier molecular flexibility index (Phi) is 18.1. The number of aromatic nitrogens is 2. The number of carbonyl (C=O) groups is 1. The van der Waals surface area contributed by atoms with E-state index in [-0.39, 0.29) is 25.0 Å². The Balaban J connectivity index is 0.00000180. The van der Waals surface area contributed by atoms with Gasteiger partial charge < -0.3 is 33.6 Å². The fourth-order valence-electron chi connectivity index (χ4n) is 6.93. The van der Waals surface area contributed by atoms with E-state index in [9.17, 15) is 9.59 Å². The number of pyridine rings is 2. The minimum Gasteiger partial charge on any atom is -0.497 e. The smallest absolute Gasteiger partial charge is 0.254 e. The van der Waals surface area contributed by atoms with Gasteiger partial charge in [0.1, 0.15) is 17.6 Å². The quantitative estimate of drug-likeness (QED) is 0.0937. The van der Waals surface area contributed by atoms with Crippen LogP contribution in [-0.2, 0) is 14.3 Å². The highest BCUT2D eigenvalue weighted by Gasteiger charge is 2.25. The Morgan fingerprint density at radius 1 is 1.00 bits per heavy atom. The fourth-order valence-corrected chi connectivity index (χ4v) is 6.93. The van der Waals surface area contributed by atoms with Crippen LogP contribution in [0.1, 0.15) is 90.0 Å². The van der Waals surface area contributed by atoms with Gasteiger partial charge in [-0.05, 0) is 107 Å². The maximum absolute atomic E-state index is 13.4. The lowest BCUT2D eigenvalue weighted by molar-refractivity contribution is -0.126. The van der Waals surface area contributed by atoms with E-state index < -0.39 is 6.10 Å². The second kappa shape index (κ2) is 23.1. The molecule has 2 aromatic heterocycles. The van der Waals surface area contributed by atoms with Crippen LogP contribution in [0, 0.1) is 30.6 Å². The van der Waals surface area contributed by atoms with Gasteiger partial charge in [-0.1, -0.05) is 50.0 Å². The van der Waals surface area contributed by atoms with Gasteiger partial charge in [0, 0.05) is 55.7 Å². The third-order valence-corrected chi connectivity index (χ3v) is 10.2. The summed E-state index contributed by atoms with van der Waals surface area (Å²) in [7, 11) is 4.75. The van der Waals surface area contributed by atoms with E-state index in [2.05, 4.69) is 35.3 Å². The van der Waals surface area contributed by atoms with Crippen LogP contribution >= 0.6 is 0 Å². The third-order valence-electron chi connectivity index (χ3n) is 10.2. The van der Waals surface area contributed by atoms with Crippen molar-refractivity contribution in [2.24, 2.45) is 11.8 Å². The van der Waals surface area contributed by atoms with E-state index in [1.807, 2.05) is 88.4 Å². The zero-order chi connectivity index (χ0) is 42.0. The van der Waals surface area contributed by atoms with Gasteiger partial charge in [-0.15, -0.1) is 13.2 Å². The van der Waals surface area contributed by atoms with E-state index >= 15 is 0 Å². The van der Waals surface area contributed by atoms with Crippen LogP contribution in [-0.4, -0.2) is 62.2 Å². The van der Waals surface area contributed by atoms with Crippen LogP contribution in [0.2, 0.25) is 0 Å². The predicted molar refractivity (Wildman–Crippen MR) is 234 cm³/mol. The molecule has 2 fully saturated rings. The molecule has 3 heterocycles. The maximum Gasteiger partial charge on any atom is 0.254 e. The standard InChI is InChI=1S/C44H51N3O7.C2H6.C2H4.H2/c1-29-22-39(27-43(48)47(29)30(2)34-16-18-37(50-3)19-17-34)54-28-33-20-21-53-38(24-33)10-7-11-41(51-4)44(49)45-36-25-40(46-42(26-36)52-5)35-9-6-8-32(23-35)15-14-31-12-13-31;2*1-2;/h6,8-9,16-19,22-23,25-27,30-31,33,38,41H,7,10-13,20-21,24,28H2,1-5H3,(H,45,46,49);1-2H3;1-2H2;1H/t30-,33?,38?,41-;;;/m0.../s1. The van der Waals surface area contributed by atoms with Gasteiger partial charge in [0.2, 0.25) is 5.88 Å². The van der Waals surface area contributed by atoms with Gasteiger partial charge in [-0.25, -0.2) is 4.98 Å². The summed E-state index contributed by atoms with van der Waals surface area (Å²) >= 11 is 0. The average molecular weight is 794 g/mol. The van der Waals surface area contributed by atoms with Gasteiger partial charge in [0.05, 0.1) is 38.7 Å². The molecule has 1 saturated heterocycles. The van der Waals surface area contributed by atoms with Crippen molar-refractivity contribution in [3.05, 3.63) is 113 Å². The van der Waals surface area contributed by atoms with E-state index in [1.54, 1.807) is 38.0 Å². The zero-order valence-corrected chi connectivity index (χ0v) is 35.3. The molecule has 2 aliphatic rings. The van der Waals surface area contributed by atoms with E-state index in [1.165, 1.54) is 12.8 Å². The molecule has 1 N–H and O–H groups in total. The maximum atomic E-state index is 13.4. The minimum atomic E-state index is -0.630. The second-order valence-corrected chi connectivity index (χ2v) is 14.2. The second-order valence-electron chi connectivity index (χ2n) is 14.2. The van der Waals surface area contributed by atoms with Gasteiger partial charge >= 0.3 is 0 Å². The van der Waals surface area contributed by atoms with Crippen molar-refractivity contribution < 1.29 is 29.9 Å². The number of carbonyl (C=O) groups excluding carboxylic acids is 1. The molecule has 1 aliphatic carbocycles. The van der Waals surface area contributed by atoms with Crippen molar-refractivity contribution in [2.45, 2.75) is 90.9 Å². The molecule has 0 bridgehead atoms. The summed E-state index contributed by atoms with van der Waals surface area (Å²) in [5.41, 5.74) is 4.85. The lowest BCUT2D eigenvalue weighted by Crippen LogP contribution is -2.31. The number of rotatable bonds is 15. The fraction of sp³-hybridized carbons (Fsp3) is 0.438. The van der Waals surface area contributed by atoms with Crippen molar-refractivity contribution in [2.75, 3.05) is 39.9 Å². The lowest BCUT2D eigenvalue weighted by atomic mass is 9.93. The van der Waals surface area contributed by atoms with Crippen LogP contribution < -0.4 is 25.1 Å². The molecule has 4 atom stereocenters. The average Bonchev–Trinajstić information content (AvgIpc) is 4.10. The van der Waals surface area contributed by atoms with Crippen LogP contribution in [0.25, 0.3) is 11.3 Å². The van der Waals surface area contributed by atoms with E-state index in [0.717, 1.165) is 53.8 Å². The summed E-state index contributed by atoms with van der Waals surface area (Å²) in [6.45, 7) is 15.1. The number of methoxy groups -OCH3 is 3. The lowest BCUT2D eigenvalue weighted by Gasteiger charge is -2.30. The first-order chi connectivity index (χ1) is 28.2. The topological polar surface area (TPSA) is 110 Å². The van der Waals surface area contributed by atoms with Gasteiger partial charge in [0.15, 0.2) is 0 Å². The number of hydrogen-bond acceptors (Lipinski definition) is 8. The summed E-state index contributed by atoms with van der Waals surface area (Å²) in [6.07, 6.45) is 5.62. The molecule has 58 heavy (non-hydrogen) atoms. The van der Waals surface area contributed by atoms with E-state index in [4.69, 9.17) is 23.7 Å². The third kappa shape index (κ3) is 13.1. The molecule has 1 aliphatic heterocycles. The zero-order valence-electron chi connectivity index (χ0n) is 35.3. The molecule has 2 aromatic carbocycles. The molecule has 1 amide bonds. The van der Waals surface area contributed by atoms with Crippen molar-refractivity contribution in [3.63, 3.8) is 0 Å². The SMILES string of the molecule is C=C.CC.COc1ccc([C@H](C)n2c(C)cc(OCC3CCOC(CCC[C@H](OC)C(=O)Nc4cc(OC)nc(-c5cccc(C#CC6CC6)c5)c4)C3)cc2=O)cc1.[HH]. The molecular formula is C48H63N3O7. The predicted octanol–water partition coefficient (Wildman–Crippen LogP) is 9.68. The molecule has 0 radical (unpaired) electrons. The number of nitrogens with zero attached hydrogens (tertiary/aromatic N) is 2. The Labute approximate surface area is 346 Å².